The summed E-state index contributed by atoms with van der Waals surface area (Å²) in [6.45, 7) is 0.762. The maximum absolute atomic E-state index is 13.8. The number of alkyl halides is 3. The minimum atomic E-state index is -4.59. The molecule has 0 fully saturated rings. The summed E-state index contributed by atoms with van der Waals surface area (Å²) in [7, 11) is 3.41. The molecule has 8 nitrogen and oxygen atoms in total. The summed E-state index contributed by atoms with van der Waals surface area (Å²) >= 11 is 0. The summed E-state index contributed by atoms with van der Waals surface area (Å²) < 4.78 is 44.2. The van der Waals surface area contributed by atoms with Crippen LogP contribution in [0.15, 0.2) is 30.9 Å². The van der Waals surface area contributed by atoms with E-state index in [1.54, 1.807) is 42.1 Å². The summed E-state index contributed by atoms with van der Waals surface area (Å²) in [5.41, 5.74) is 1.33. The number of aryl methyl sites for hydroxylation is 2. The molecule has 166 valence electrons. The molecular formula is C21H20F3N7O. The summed E-state index contributed by atoms with van der Waals surface area (Å²) in [6, 6.07) is 1.74. The molecular weight excluding hydrogens is 423 g/mol. The van der Waals surface area contributed by atoms with Gasteiger partial charge in [-0.3, -0.25) is 14.2 Å². The highest BCUT2D eigenvalue weighted by Gasteiger charge is 2.38. The van der Waals surface area contributed by atoms with E-state index in [0.29, 0.717) is 53.7 Å². The monoisotopic (exact) mass is 443 g/mol. The van der Waals surface area contributed by atoms with Crippen molar-refractivity contribution in [3.05, 3.63) is 42.2 Å². The van der Waals surface area contributed by atoms with E-state index in [-0.39, 0.29) is 17.2 Å². The van der Waals surface area contributed by atoms with Crippen molar-refractivity contribution in [3.8, 4) is 22.3 Å². The Hall–Kier alpha value is -3.63. The Kier molecular flexibility index (Phi) is 4.57. The van der Waals surface area contributed by atoms with E-state index in [1.165, 1.54) is 17.1 Å². The number of nitrogens with one attached hydrogen (secondary N) is 1. The van der Waals surface area contributed by atoms with Gasteiger partial charge >= 0.3 is 6.18 Å². The van der Waals surface area contributed by atoms with Crippen LogP contribution in [0.3, 0.4) is 0 Å². The van der Waals surface area contributed by atoms with Gasteiger partial charge in [0.1, 0.15) is 5.65 Å². The van der Waals surface area contributed by atoms with E-state index in [1.807, 2.05) is 0 Å². The highest BCUT2D eigenvalue weighted by atomic mass is 19.4. The van der Waals surface area contributed by atoms with Crippen molar-refractivity contribution >= 4 is 16.9 Å². The van der Waals surface area contributed by atoms with Crippen molar-refractivity contribution in [1.82, 2.24) is 34.4 Å². The van der Waals surface area contributed by atoms with E-state index in [9.17, 15) is 18.0 Å². The maximum atomic E-state index is 13.8. The van der Waals surface area contributed by atoms with E-state index >= 15 is 0 Å². The zero-order valence-corrected chi connectivity index (χ0v) is 17.4. The lowest BCUT2D eigenvalue weighted by Crippen LogP contribution is -2.28. The molecule has 1 aliphatic rings. The number of carbonyl (C=O) groups excluding carboxylic acids is 1. The van der Waals surface area contributed by atoms with E-state index in [0.717, 1.165) is 0 Å². The van der Waals surface area contributed by atoms with Gasteiger partial charge in [-0.25, -0.2) is 4.98 Å². The lowest BCUT2D eigenvalue weighted by atomic mass is 10.0. The molecule has 4 bridgehead atoms. The van der Waals surface area contributed by atoms with Crippen LogP contribution in [0.5, 0.6) is 0 Å². The van der Waals surface area contributed by atoms with Crippen molar-refractivity contribution in [1.29, 1.82) is 0 Å². The van der Waals surface area contributed by atoms with Crippen LogP contribution in [0.2, 0.25) is 0 Å². The van der Waals surface area contributed by atoms with Crippen LogP contribution < -0.4 is 0 Å². The fraction of sp³-hybridized carbons (Fsp3) is 0.333. The number of hydrogen-bond donors (Lipinski definition) is 1. The number of amides is 1. The highest BCUT2D eigenvalue weighted by Crippen LogP contribution is 2.39. The number of fused-ring (bicyclic) bond motifs is 6. The number of carbonyl (C=O) groups is 1. The maximum Gasteiger partial charge on any atom is 0.435 e. The third-order valence-electron chi connectivity index (χ3n) is 5.67. The Labute approximate surface area is 180 Å². The normalized spacial score (nSPS) is 15.2. The molecule has 32 heavy (non-hydrogen) atoms. The topological polar surface area (TPSA) is 84.6 Å². The molecule has 0 aromatic carbocycles. The first-order valence-corrected chi connectivity index (χ1v) is 10.1. The first kappa shape index (κ1) is 20.3. The van der Waals surface area contributed by atoms with Gasteiger partial charge in [0.25, 0.3) is 5.91 Å². The zero-order valence-electron chi connectivity index (χ0n) is 17.4. The first-order chi connectivity index (χ1) is 15.2. The molecule has 1 amide bonds. The molecule has 5 rings (SSSR count). The van der Waals surface area contributed by atoms with Crippen LogP contribution in [-0.4, -0.2) is 53.9 Å². The Morgan fingerprint density at radius 1 is 1.03 bits per heavy atom. The molecule has 0 unspecified atom stereocenters. The lowest BCUT2D eigenvalue weighted by Gasteiger charge is -2.16. The van der Waals surface area contributed by atoms with Crippen molar-refractivity contribution in [2.24, 2.45) is 7.05 Å². The molecule has 0 atom stereocenters. The van der Waals surface area contributed by atoms with Crippen LogP contribution in [-0.2, 0) is 19.8 Å². The number of aromatic nitrogens is 6. The second-order valence-corrected chi connectivity index (χ2v) is 7.97. The summed E-state index contributed by atoms with van der Waals surface area (Å²) in [5.74, 6) is -0.218. The summed E-state index contributed by atoms with van der Waals surface area (Å²) in [4.78, 5) is 22.0. The van der Waals surface area contributed by atoms with Crippen molar-refractivity contribution in [2.45, 2.75) is 25.6 Å². The quantitative estimate of drug-likeness (QED) is 0.449. The van der Waals surface area contributed by atoms with Gasteiger partial charge in [-0.2, -0.15) is 23.4 Å². The molecule has 5 heterocycles. The molecule has 4 aromatic rings. The van der Waals surface area contributed by atoms with Crippen LogP contribution in [0.4, 0.5) is 13.2 Å². The molecule has 1 aliphatic heterocycles. The van der Waals surface area contributed by atoms with Crippen LogP contribution in [0, 0.1) is 0 Å². The molecule has 0 aliphatic carbocycles. The average Bonchev–Trinajstić information content (AvgIpc) is 3.45. The van der Waals surface area contributed by atoms with Crippen molar-refractivity contribution in [2.75, 3.05) is 13.6 Å². The van der Waals surface area contributed by atoms with Crippen LogP contribution in [0.1, 0.15) is 29.0 Å². The fourth-order valence-electron chi connectivity index (χ4n) is 4.08. The van der Waals surface area contributed by atoms with Crippen molar-refractivity contribution < 1.29 is 18.0 Å². The second-order valence-electron chi connectivity index (χ2n) is 7.97. The minimum Gasteiger partial charge on any atom is -0.346 e. The van der Waals surface area contributed by atoms with Gasteiger partial charge in [-0.05, 0) is 18.9 Å². The first-order valence-electron chi connectivity index (χ1n) is 10.1. The van der Waals surface area contributed by atoms with Crippen LogP contribution in [0.25, 0.3) is 33.3 Å². The van der Waals surface area contributed by atoms with Gasteiger partial charge in [0.15, 0.2) is 11.4 Å². The number of pyridine rings is 1. The zero-order chi connectivity index (χ0) is 22.6. The predicted octanol–water partition coefficient (Wildman–Crippen LogP) is 3.71. The van der Waals surface area contributed by atoms with Gasteiger partial charge in [-0.15, -0.1) is 0 Å². The Morgan fingerprint density at radius 2 is 1.81 bits per heavy atom. The largest absolute Gasteiger partial charge is 0.435 e. The third kappa shape index (κ3) is 3.33. The summed E-state index contributed by atoms with van der Waals surface area (Å²) in [5, 5.41) is 8.69. The van der Waals surface area contributed by atoms with Gasteiger partial charge in [-0.1, -0.05) is 0 Å². The number of hydrogen-bond acceptors (Lipinski definition) is 4. The third-order valence-corrected chi connectivity index (χ3v) is 5.67. The fourth-order valence-corrected chi connectivity index (χ4v) is 4.08. The van der Waals surface area contributed by atoms with Gasteiger partial charge < -0.3 is 9.88 Å². The van der Waals surface area contributed by atoms with Crippen LogP contribution >= 0.6 is 0 Å². The number of aromatic amines is 1. The SMILES string of the molecule is CN1CCCCn2cc(c(C(F)(F)F)n2)-c2c[nH]c3ncc(cc23)-c2cn(C)nc2C1=O. The Bertz CT molecular complexity index is 1330. The second kappa shape index (κ2) is 7.21. The van der Waals surface area contributed by atoms with Crippen molar-refractivity contribution in [3.63, 3.8) is 0 Å². The average molecular weight is 443 g/mol. The predicted molar refractivity (Wildman–Crippen MR) is 111 cm³/mol. The number of rotatable bonds is 0. The Morgan fingerprint density at radius 3 is 2.59 bits per heavy atom. The Balaban J connectivity index is 1.76. The molecule has 11 heteroatoms. The van der Waals surface area contributed by atoms with Gasteiger partial charge in [0, 0.05) is 79.6 Å². The smallest absolute Gasteiger partial charge is 0.346 e. The molecule has 0 spiro atoms. The summed E-state index contributed by atoms with van der Waals surface area (Å²) in [6.07, 6.45) is 2.84. The highest BCUT2D eigenvalue weighted by molar-refractivity contribution is 6.01. The standard InChI is InChI=1S/C21H20F3N7O/c1-29-5-3-4-6-31-11-16(18(28-31)21(22,23)24)14-9-26-19-13(14)7-12(8-25-19)15-10-30(2)27-17(15)20(29)32/h7-11H,3-6H2,1-2H3,(H,25,26). The molecule has 0 saturated carbocycles. The van der Waals surface area contributed by atoms with Gasteiger partial charge in [0.2, 0.25) is 0 Å². The van der Waals surface area contributed by atoms with Gasteiger partial charge in [0.05, 0.1) is 0 Å². The molecule has 4 aromatic heterocycles. The van der Waals surface area contributed by atoms with E-state index < -0.39 is 11.9 Å². The number of nitrogens with zero attached hydrogens (tertiary/aromatic N) is 6. The minimum absolute atomic E-state index is 0.00261. The number of halogens is 3. The molecule has 0 saturated heterocycles. The number of H-pyrrole nitrogens is 1. The van der Waals surface area contributed by atoms with E-state index in [4.69, 9.17) is 0 Å². The molecule has 1 N–H and O–H groups in total. The lowest BCUT2D eigenvalue weighted by molar-refractivity contribution is -0.141. The molecule has 0 radical (unpaired) electrons. The van der Waals surface area contributed by atoms with E-state index in [2.05, 4.69) is 20.2 Å².